The average molecular weight is 291 g/mol. The number of anilines is 1. The lowest BCUT2D eigenvalue weighted by atomic mass is 10.1. The molecule has 0 saturated heterocycles. The SMILES string of the molecule is Cc1c(NC(=O)c2ccccc2Cl)cccc1[N+](=O)[O-]. The van der Waals surface area contributed by atoms with E-state index in [1.165, 1.54) is 12.1 Å². The van der Waals surface area contributed by atoms with Gasteiger partial charge in [-0.25, -0.2) is 0 Å². The molecule has 0 aliphatic heterocycles. The van der Waals surface area contributed by atoms with Gasteiger partial charge < -0.3 is 5.32 Å². The highest BCUT2D eigenvalue weighted by atomic mass is 35.5. The molecule has 6 heteroatoms. The van der Waals surface area contributed by atoms with Gasteiger partial charge in [0, 0.05) is 6.07 Å². The molecule has 0 heterocycles. The second-order valence-corrected chi connectivity index (χ2v) is 4.55. The first-order valence-electron chi connectivity index (χ1n) is 5.80. The molecule has 0 fully saturated rings. The van der Waals surface area contributed by atoms with E-state index in [2.05, 4.69) is 5.32 Å². The van der Waals surface area contributed by atoms with Gasteiger partial charge in [-0.2, -0.15) is 0 Å². The maximum Gasteiger partial charge on any atom is 0.274 e. The van der Waals surface area contributed by atoms with Crippen LogP contribution in [0, 0.1) is 17.0 Å². The Bertz CT molecular complexity index is 686. The monoisotopic (exact) mass is 290 g/mol. The van der Waals surface area contributed by atoms with Crippen molar-refractivity contribution in [2.24, 2.45) is 0 Å². The van der Waals surface area contributed by atoms with Crippen molar-refractivity contribution >= 4 is 28.9 Å². The number of rotatable bonds is 3. The minimum atomic E-state index is -0.486. The Morgan fingerprint density at radius 3 is 2.55 bits per heavy atom. The summed E-state index contributed by atoms with van der Waals surface area (Å²) >= 11 is 5.94. The van der Waals surface area contributed by atoms with Gasteiger partial charge in [-0.3, -0.25) is 14.9 Å². The number of carbonyl (C=O) groups excluding carboxylic acids is 1. The highest BCUT2D eigenvalue weighted by Gasteiger charge is 2.16. The Balaban J connectivity index is 2.32. The van der Waals surface area contributed by atoms with Gasteiger partial charge in [0.05, 0.1) is 26.8 Å². The molecule has 0 radical (unpaired) electrons. The number of nitro groups is 1. The molecule has 20 heavy (non-hydrogen) atoms. The topological polar surface area (TPSA) is 72.2 Å². The molecule has 2 rings (SSSR count). The minimum Gasteiger partial charge on any atom is -0.321 e. The summed E-state index contributed by atoms with van der Waals surface area (Å²) in [5.74, 6) is -0.404. The molecule has 0 aliphatic carbocycles. The molecule has 0 bridgehead atoms. The second kappa shape index (κ2) is 5.71. The zero-order valence-electron chi connectivity index (χ0n) is 10.6. The third-order valence-electron chi connectivity index (χ3n) is 2.87. The predicted octanol–water partition coefficient (Wildman–Crippen LogP) is 3.81. The van der Waals surface area contributed by atoms with Crippen LogP contribution < -0.4 is 5.32 Å². The molecule has 5 nitrogen and oxygen atoms in total. The molecule has 0 unspecified atom stereocenters. The van der Waals surface area contributed by atoms with Crippen LogP contribution >= 0.6 is 11.6 Å². The fraction of sp³-hybridized carbons (Fsp3) is 0.0714. The molecule has 0 spiro atoms. The lowest BCUT2D eigenvalue weighted by molar-refractivity contribution is -0.385. The Kier molecular flexibility index (Phi) is 4.00. The summed E-state index contributed by atoms with van der Waals surface area (Å²) in [5.41, 5.74) is 1.07. The third kappa shape index (κ3) is 2.78. The van der Waals surface area contributed by atoms with Crippen LogP contribution in [0.3, 0.4) is 0 Å². The largest absolute Gasteiger partial charge is 0.321 e. The minimum absolute atomic E-state index is 0.0399. The van der Waals surface area contributed by atoms with E-state index in [9.17, 15) is 14.9 Å². The fourth-order valence-corrected chi connectivity index (χ4v) is 2.01. The summed E-state index contributed by atoms with van der Waals surface area (Å²) in [6.07, 6.45) is 0. The van der Waals surface area contributed by atoms with Crippen LogP contribution in [0.15, 0.2) is 42.5 Å². The molecule has 2 aromatic carbocycles. The second-order valence-electron chi connectivity index (χ2n) is 4.14. The Morgan fingerprint density at radius 1 is 1.20 bits per heavy atom. The van der Waals surface area contributed by atoms with Crippen LogP contribution in [0.2, 0.25) is 5.02 Å². The zero-order valence-corrected chi connectivity index (χ0v) is 11.3. The van der Waals surface area contributed by atoms with Gasteiger partial charge >= 0.3 is 0 Å². The summed E-state index contributed by atoms with van der Waals surface area (Å²) in [6.45, 7) is 1.58. The number of hydrogen-bond acceptors (Lipinski definition) is 3. The molecule has 0 aromatic heterocycles. The van der Waals surface area contributed by atoms with Crippen LogP contribution in [0.1, 0.15) is 15.9 Å². The number of nitrogens with zero attached hydrogens (tertiary/aromatic N) is 1. The van der Waals surface area contributed by atoms with E-state index in [4.69, 9.17) is 11.6 Å². The van der Waals surface area contributed by atoms with E-state index in [-0.39, 0.29) is 5.69 Å². The molecule has 0 saturated carbocycles. The summed E-state index contributed by atoms with van der Waals surface area (Å²) in [7, 11) is 0. The first kappa shape index (κ1) is 14.0. The first-order valence-corrected chi connectivity index (χ1v) is 6.18. The standard InChI is InChI=1S/C14H11ClN2O3/c1-9-12(7-4-8-13(9)17(19)20)16-14(18)10-5-2-3-6-11(10)15/h2-8H,1H3,(H,16,18). The highest BCUT2D eigenvalue weighted by molar-refractivity contribution is 6.34. The van der Waals surface area contributed by atoms with Crippen molar-refractivity contribution in [3.8, 4) is 0 Å². The van der Waals surface area contributed by atoms with Gasteiger partial charge in [0.15, 0.2) is 0 Å². The maximum atomic E-state index is 12.1. The van der Waals surface area contributed by atoms with Gasteiger partial charge in [0.25, 0.3) is 11.6 Å². The summed E-state index contributed by atoms with van der Waals surface area (Å²) < 4.78 is 0. The first-order chi connectivity index (χ1) is 9.50. The molecule has 102 valence electrons. The van der Waals surface area contributed by atoms with Gasteiger partial charge in [-0.05, 0) is 25.1 Å². The Hall–Kier alpha value is -2.40. The van der Waals surface area contributed by atoms with Crippen LogP contribution in [0.4, 0.5) is 11.4 Å². The van der Waals surface area contributed by atoms with Crippen LogP contribution in [-0.4, -0.2) is 10.8 Å². The van der Waals surface area contributed by atoms with Gasteiger partial charge in [-0.1, -0.05) is 29.8 Å². The molecular formula is C14H11ClN2O3. The molecule has 1 N–H and O–H groups in total. The average Bonchev–Trinajstić information content (AvgIpc) is 2.41. The van der Waals surface area contributed by atoms with E-state index < -0.39 is 10.8 Å². The maximum absolute atomic E-state index is 12.1. The molecule has 0 atom stereocenters. The normalized spacial score (nSPS) is 10.1. The van der Waals surface area contributed by atoms with Crippen molar-refractivity contribution in [2.45, 2.75) is 6.92 Å². The lowest BCUT2D eigenvalue weighted by Crippen LogP contribution is -2.13. The summed E-state index contributed by atoms with van der Waals surface area (Å²) in [6, 6.07) is 11.1. The van der Waals surface area contributed by atoms with Crippen LogP contribution in [0.25, 0.3) is 0 Å². The number of amides is 1. The predicted molar refractivity (Wildman–Crippen MR) is 77.2 cm³/mol. The number of nitrogens with one attached hydrogen (secondary N) is 1. The van der Waals surface area contributed by atoms with E-state index in [1.807, 2.05) is 0 Å². The lowest BCUT2D eigenvalue weighted by Gasteiger charge is -2.09. The van der Waals surface area contributed by atoms with Crippen molar-refractivity contribution < 1.29 is 9.72 Å². The van der Waals surface area contributed by atoms with Crippen LogP contribution in [-0.2, 0) is 0 Å². The van der Waals surface area contributed by atoms with Gasteiger partial charge in [0.2, 0.25) is 0 Å². The smallest absolute Gasteiger partial charge is 0.274 e. The molecule has 2 aromatic rings. The van der Waals surface area contributed by atoms with E-state index in [1.54, 1.807) is 37.3 Å². The Labute approximate surface area is 120 Å². The van der Waals surface area contributed by atoms with Crippen molar-refractivity contribution in [2.75, 3.05) is 5.32 Å². The summed E-state index contributed by atoms with van der Waals surface area (Å²) in [5, 5.41) is 13.8. The molecular weight excluding hydrogens is 280 g/mol. The summed E-state index contributed by atoms with van der Waals surface area (Å²) in [4.78, 5) is 22.5. The van der Waals surface area contributed by atoms with Crippen molar-refractivity contribution in [3.63, 3.8) is 0 Å². The Morgan fingerprint density at radius 2 is 1.90 bits per heavy atom. The molecule has 0 aliphatic rings. The third-order valence-corrected chi connectivity index (χ3v) is 3.20. The number of hydrogen-bond donors (Lipinski definition) is 1. The van der Waals surface area contributed by atoms with E-state index in [0.717, 1.165) is 0 Å². The van der Waals surface area contributed by atoms with Gasteiger partial charge in [-0.15, -0.1) is 0 Å². The quantitative estimate of drug-likeness (QED) is 0.690. The zero-order chi connectivity index (χ0) is 14.7. The highest BCUT2D eigenvalue weighted by Crippen LogP contribution is 2.26. The van der Waals surface area contributed by atoms with Crippen molar-refractivity contribution in [1.29, 1.82) is 0 Å². The van der Waals surface area contributed by atoms with Crippen LogP contribution in [0.5, 0.6) is 0 Å². The van der Waals surface area contributed by atoms with Crippen molar-refractivity contribution in [1.82, 2.24) is 0 Å². The van der Waals surface area contributed by atoms with Gasteiger partial charge in [0.1, 0.15) is 0 Å². The number of nitro benzene ring substituents is 1. The fourth-order valence-electron chi connectivity index (χ4n) is 1.79. The number of halogens is 1. The number of carbonyl (C=O) groups is 1. The van der Waals surface area contributed by atoms with E-state index >= 15 is 0 Å². The number of benzene rings is 2. The van der Waals surface area contributed by atoms with E-state index in [0.29, 0.717) is 21.8 Å². The van der Waals surface area contributed by atoms with Crippen molar-refractivity contribution in [3.05, 3.63) is 68.7 Å². The molecule has 1 amide bonds.